The zero-order valence-corrected chi connectivity index (χ0v) is 26.1. The highest BCUT2D eigenvalue weighted by atomic mass is 35.5. The van der Waals surface area contributed by atoms with Crippen molar-refractivity contribution in [3.05, 3.63) is 117 Å². The van der Waals surface area contributed by atoms with E-state index < -0.39 is 0 Å². The van der Waals surface area contributed by atoms with E-state index in [2.05, 4.69) is 15.9 Å². The van der Waals surface area contributed by atoms with Crippen LogP contribution in [0.1, 0.15) is 65.2 Å². The van der Waals surface area contributed by atoms with Gasteiger partial charge in [-0.3, -0.25) is 9.69 Å². The van der Waals surface area contributed by atoms with Crippen LogP contribution in [0.25, 0.3) is 11.1 Å². The third-order valence-electron chi connectivity index (χ3n) is 9.11. The maximum Gasteiger partial charge on any atom is 0.163 e. The summed E-state index contributed by atoms with van der Waals surface area (Å²) in [5.41, 5.74) is 5.57. The zero-order valence-electron chi connectivity index (χ0n) is 24.6. The molecule has 6 rings (SSSR count). The maximum atomic E-state index is 13.4. The van der Waals surface area contributed by atoms with Gasteiger partial charge in [0, 0.05) is 43.7 Å². The molecule has 7 heteroatoms. The third-order valence-corrected chi connectivity index (χ3v) is 9.91. The Bertz CT molecular complexity index is 1700. The Hall–Kier alpha value is -3.82. The molecule has 4 aromatic carbocycles. The van der Waals surface area contributed by atoms with Crippen LogP contribution in [0.5, 0.6) is 5.75 Å². The number of rotatable bonds is 8. The number of anilines is 1. The fourth-order valence-electron chi connectivity index (χ4n) is 6.79. The van der Waals surface area contributed by atoms with Crippen LogP contribution in [0.15, 0.2) is 84.9 Å². The number of Topliss-reactive ketones (excluding diaryl/α,β-unsaturated/α-hetero) is 1. The molecule has 0 bridgehead atoms. The number of nitrogens with zero attached hydrogens (tertiary/aromatic N) is 3. The van der Waals surface area contributed by atoms with Crippen molar-refractivity contribution in [3.8, 4) is 22.9 Å². The first-order valence-electron chi connectivity index (χ1n) is 15.3. The SMILES string of the molecule is N#Cc1ccccc1-c1ccc(O)c(C(c2cccc(C(=O)CC3CCCC3)c2)N2CCN(c3cccc(Cl)c3Cl)CC2)c1. The average molecular weight is 625 g/mol. The standard InChI is InChI=1S/C37H35Cl2N3O2/c38-32-13-6-14-33(36(32)39)41-17-19-42(20-18-41)37(28-11-5-10-27(22-28)35(44)21-25-7-1-2-8-25)31-23-26(15-16-34(31)43)30-12-4-3-9-29(30)24-40/h3-6,9-16,22-23,25,37,43H,1-2,7-8,17-21H2. The van der Waals surface area contributed by atoms with Crippen molar-refractivity contribution in [2.75, 3.05) is 31.1 Å². The second-order valence-corrected chi connectivity index (χ2v) is 12.6. The molecular formula is C37H35Cl2N3O2. The van der Waals surface area contributed by atoms with Crippen LogP contribution in [0.2, 0.25) is 10.0 Å². The van der Waals surface area contributed by atoms with Crippen LogP contribution in [0.3, 0.4) is 0 Å². The van der Waals surface area contributed by atoms with Gasteiger partial charge in [0.1, 0.15) is 5.75 Å². The Morgan fingerprint density at radius 2 is 1.66 bits per heavy atom. The van der Waals surface area contributed by atoms with Gasteiger partial charge < -0.3 is 10.0 Å². The Balaban J connectivity index is 1.37. The Morgan fingerprint density at radius 1 is 0.909 bits per heavy atom. The van der Waals surface area contributed by atoms with Gasteiger partial charge in [-0.1, -0.05) is 97.4 Å². The van der Waals surface area contributed by atoms with Crippen molar-refractivity contribution in [2.24, 2.45) is 5.92 Å². The molecule has 2 aliphatic rings. The van der Waals surface area contributed by atoms with Crippen molar-refractivity contribution < 1.29 is 9.90 Å². The molecular weight excluding hydrogens is 589 g/mol. The van der Waals surface area contributed by atoms with Gasteiger partial charge in [0.2, 0.25) is 0 Å². The number of benzene rings is 4. The Labute approximate surface area is 269 Å². The minimum absolute atomic E-state index is 0.177. The van der Waals surface area contributed by atoms with Crippen molar-refractivity contribution in [2.45, 2.75) is 38.1 Å². The molecule has 0 aromatic heterocycles. The summed E-state index contributed by atoms with van der Waals surface area (Å²) in [7, 11) is 0. The predicted octanol–water partition coefficient (Wildman–Crippen LogP) is 8.91. The number of nitriles is 1. The second kappa shape index (κ2) is 13.4. The lowest BCUT2D eigenvalue weighted by Crippen LogP contribution is -2.48. The number of hydrogen-bond donors (Lipinski definition) is 1. The van der Waals surface area contributed by atoms with Crippen LogP contribution in [-0.4, -0.2) is 42.0 Å². The fraction of sp³-hybridized carbons (Fsp3) is 0.297. The summed E-state index contributed by atoms with van der Waals surface area (Å²) >= 11 is 12.9. The first-order chi connectivity index (χ1) is 21.4. The zero-order chi connectivity index (χ0) is 30.6. The molecule has 0 radical (unpaired) electrons. The van der Waals surface area contributed by atoms with Gasteiger partial charge in [-0.25, -0.2) is 0 Å². The van der Waals surface area contributed by atoms with E-state index in [1.807, 2.05) is 66.7 Å². The lowest BCUT2D eigenvalue weighted by Gasteiger charge is -2.41. The summed E-state index contributed by atoms with van der Waals surface area (Å²) in [4.78, 5) is 18.0. The van der Waals surface area contributed by atoms with E-state index in [-0.39, 0.29) is 17.6 Å². The molecule has 1 aliphatic carbocycles. The van der Waals surface area contributed by atoms with Crippen LogP contribution in [-0.2, 0) is 0 Å². The molecule has 5 nitrogen and oxygen atoms in total. The number of phenols is 1. The second-order valence-electron chi connectivity index (χ2n) is 11.8. The largest absolute Gasteiger partial charge is 0.508 e. The van der Waals surface area contributed by atoms with Gasteiger partial charge in [-0.2, -0.15) is 5.26 Å². The monoisotopic (exact) mass is 623 g/mol. The molecule has 1 N–H and O–H groups in total. The van der Waals surface area contributed by atoms with E-state index in [0.717, 1.165) is 40.8 Å². The lowest BCUT2D eigenvalue weighted by molar-refractivity contribution is 0.0962. The van der Waals surface area contributed by atoms with Gasteiger partial charge in [-0.15, -0.1) is 0 Å². The maximum absolute atomic E-state index is 13.4. The molecule has 44 heavy (non-hydrogen) atoms. The molecule has 2 fully saturated rings. The molecule has 1 aliphatic heterocycles. The molecule has 1 unspecified atom stereocenters. The average Bonchev–Trinajstić information content (AvgIpc) is 3.57. The van der Waals surface area contributed by atoms with E-state index in [4.69, 9.17) is 23.2 Å². The van der Waals surface area contributed by atoms with Crippen LogP contribution in [0, 0.1) is 17.2 Å². The number of piperazine rings is 1. The number of aromatic hydroxyl groups is 1. The minimum Gasteiger partial charge on any atom is -0.508 e. The van der Waals surface area contributed by atoms with E-state index in [1.54, 1.807) is 18.2 Å². The molecule has 0 amide bonds. The summed E-state index contributed by atoms with van der Waals surface area (Å²) in [5, 5.41) is 22.2. The van der Waals surface area contributed by atoms with Crippen molar-refractivity contribution >= 4 is 34.7 Å². The van der Waals surface area contributed by atoms with Gasteiger partial charge in [-0.05, 0) is 59.0 Å². The summed E-state index contributed by atoms with van der Waals surface area (Å²) in [5.74, 6) is 0.823. The van der Waals surface area contributed by atoms with Crippen molar-refractivity contribution in [1.82, 2.24) is 4.90 Å². The lowest BCUT2D eigenvalue weighted by atomic mass is 9.89. The number of phenolic OH excluding ortho intramolecular Hbond substituents is 1. The quantitative estimate of drug-likeness (QED) is 0.198. The van der Waals surface area contributed by atoms with E-state index in [0.29, 0.717) is 59.7 Å². The van der Waals surface area contributed by atoms with Gasteiger partial charge in [0.15, 0.2) is 5.78 Å². The molecule has 1 saturated heterocycles. The first-order valence-corrected chi connectivity index (χ1v) is 16.1. The van der Waals surface area contributed by atoms with Crippen LogP contribution in [0.4, 0.5) is 5.69 Å². The van der Waals surface area contributed by atoms with Crippen molar-refractivity contribution in [3.63, 3.8) is 0 Å². The summed E-state index contributed by atoms with van der Waals surface area (Å²) < 4.78 is 0. The third kappa shape index (κ3) is 6.35. The van der Waals surface area contributed by atoms with Gasteiger partial charge in [0.05, 0.1) is 33.4 Å². The smallest absolute Gasteiger partial charge is 0.163 e. The molecule has 1 saturated carbocycles. The predicted molar refractivity (Wildman–Crippen MR) is 178 cm³/mol. The summed E-state index contributed by atoms with van der Waals surface area (Å²) in [6, 6.07) is 28.7. The van der Waals surface area contributed by atoms with E-state index in [9.17, 15) is 15.2 Å². The Morgan fingerprint density at radius 3 is 2.43 bits per heavy atom. The first kappa shape index (κ1) is 30.2. The molecule has 0 spiro atoms. The highest BCUT2D eigenvalue weighted by Crippen LogP contribution is 2.40. The number of ketones is 1. The topological polar surface area (TPSA) is 67.6 Å². The number of halogens is 2. The molecule has 224 valence electrons. The minimum atomic E-state index is -0.305. The molecule has 4 aromatic rings. The number of hydrogen-bond acceptors (Lipinski definition) is 5. The Kier molecular flexibility index (Phi) is 9.23. The van der Waals surface area contributed by atoms with Crippen molar-refractivity contribution in [1.29, 1.82) is 5.26 Å². The summed E-state index contributed by atoms with van der Waals surface area (Å²) in [6.45, 7) is 2.83. The fourth-order valence-corrected chi connectivity index (χ4v) is 7.21. The normalized spacial score (nSPS) is 16.5. The van der Waals surface area contributed by atoms with E-state index >= 15 is 0 Å². The van der Waals surface area contributed by atoms with Crippen LogP contribution < -0.4 is 4.90 Å². The number of carbonyl (C=O) groups is 1. The van der Waals surface area contributed by atoms with Gasteiger partial charge in [0.25, 0.3) is 0 Å². The summed E-state index contributed by atoms with van der Waals surface area (Å²) in [6.07, 6.45) is 5.24. The number of carbonyl (C=O) groups excluding carboxylic acids is 1. The highest BCUT2D eigenvalue weighted by Gasteiger charge is 2.30. The van der Waals surface area contributed by atoms with E-state index in [1.165, 1.54) is 12.8 Å². The van der Waals surface area contributed by atoms with Gasteiger partial charge >= 0.3 is 0 Å². The van der Waals surface area contributed by atoms with Crippen LogP contribution >= 0.6 is 23.2 Å². The molecule has 1 atom stereocenters. The highest BCUT2D eigenvalue weighted by molar-refractivity contribution is 6.43. The molecule has 1 heterocycles.